The Morgan fingerprint density at radius 2 is 2.00 bits per heavy atom. The van der Waals surface area contributed by atoms with Gasteiger partial charge in [-0.05, 0) is 15.9 Å². The van der Waals surface area contributed by atoms with E-state index in [1.807, 2.05) is 0 Å². The summed E-state index contributed by atoms with van der Waals surface area (Å²) in [5.41, 5.74) is -0.278. The number of nitrogens with one attached hydrogen (secondary N) is 1. The van der Waals surface area contributed by atoms with Crippen molar-refractivity contribution in [1.29, 1.82) is 0 Å². The molecule has 0 bridgehead atoms. The molecule has 2 aromatic rings. The average Bonchev–Trinajstić information content (AvgIpc) is 2.60. The molecule has 1 aromatic carbocycles. The molecule has 2 rings (SSSR count). The van der Waals surface area contributed by atoms with Crippen LogP contribution in [0.3, 0.4) is 0 Å². The molecule has 0 aliphatic rings. The lowest BCUT2D eigenvalue weighted by molar-refractivity contribution is 0.498. The van der Waals surface area contributed by atoms with Gasteiger partial charge in [0.25, 0.3) is 0 Å². The van der Waals surface area contributed by atoms with E-state index in [4.69, 9.17) is 0 Å². The quantitative estimate of drug-likeness (QED) is 0.846. The second-order valence-corrected chi connectivity index (χ2v) is 4.52. The van der Waals surface area contributed by atoms with Crippen molar-refractivity contribution in [3.63, 3.8) is 0 Å². The molecular weight excluding hydrogens is 305 g/mol. The van der Waals surface area contributed by atoms with Gasteiger partial charge in [-0.25, -0.2) is 18.2 Å². The van der Waals surface area contributed by atoms with E-state index in [1.54, 1.807) is 5.38 Å². The van der Waals surface area contributed by atoms with Crippen LogP contribution >= 0.6 is 27.3 Å². The molecule has 7 heteroatoms. The van der Waals surface area contributed by atoms with Crippen LogP contribution in [-0.2, 0) is 0 Å². The molecule has 1 heterocycles. The third-order valence-corrected chi connectivity index (χ3v) is 3.18. The Bertz CT molecular complexity index is 529. The Labute approximate surface area is 101 Å². The first-order valence-electron chi connectivity index (χ1n) is 4.09. The van der Waals surface area contributed by atoms with Gasteiger partial charge in [0.1, 0.15) is 10.4 Å². The number of hydrogen-bond donors (Lipinski definition) is 1. The SMILES string of the molecule is Fc1cc(F)c(F)c(Nc2nc(Br)cs2)c1. The molecule has 0 fully saturated rings. The van der Waals surface area contributed by atoms with Crippen LogP contribution in [0.2, 0.25) is 0 Å². The lowest BCUT2D eigenvalue weighted by atomic mass is 10.3. The van der Waals surface area contributed by atoms with Crippen molar-refractivity contribution in [3.05, 3.63) is 39.6 Å². The first kappa shape index (κ1) is 11.4. The van der Waals surface area contributed by atoms with Crippen LogP contribution in [0.15, 0.2) is 22.1 Å². The standard InChI is InChI=1S/C9H4BrF3N2S/c10-7-3-16-9(15-7)14-6-2-4(11)1-5(12)8(6)13/h1-3H,(H,14,15). The highest BCUT2D eigenvalue weighted by Gasteiger charge is 2.12. The van der Waals surface area contributed by atoms with Crippen LogP contribution in [0.4, 0.5) is 24.0 Å². The fourth-order valence-corrected chi connectivity index (χ4v) is 2.23. The van der Waals surface area contributed by atoms with Crippen molar-refractivity contribution in [1.82, 2.24) is 4.98 Å². The van der Waals surface area contributed by atoms with Gasteiger partial charge in [0.05, 0.1) is 5.69 Å². The van der Waals surface area contributed by atoms with Gasteiger partial charge in [0.2, 0.25) is 0 Å². The van der Waals surface area contributed by atoms with Gasteiger partial charge in [-0.15, -0.1) is 11.3 Å². The van der Waals surface area contributed by atoms with Gasteiger partial charge in [-0.2, -0.15) is 0 Å². The highest BCUT2D eigenvalue weighted by molar-refractivity contribution is 9.10. The van der Waals surface area contributed by atoms with E-state index in [9.17, 15) is 13.2 Å². The van der Waals surface area contributed by atoms with Gasteiger partial charge in [-0.1, -0.05) is 0 Å². The van der Waals surface area contributed by atoms with Crippen LogP contribution in [-0.4, -0.2) is 4.98 Å². The van der Waals surface area contributed by atoms with E-state index in [1.165, 1.54) is 11.3 Å². The lowest BCUT2D eigenvalue weighted by Gasteiger charge is -2.04. The van der Waals surface area contributed by atoms with Crippen molar-refractivity contribution in [3.8, 4) is 0 Å². The topological polar surface area (TPSA) is 24.9 Å². The van der Waals surface area contributed by atoms with Gasteiger partial charge in [0, 0.05) is 17.5 Å². The van der Waals surface area contributed by atoms with Crippen molar-refractivity contribution in [2.45, 2.75) is 0 Å². The Morgan fingerprint density at radius 1 is 1.25 bits per heavy atom. The van der Waals surface area contributed by atoms with Crippen LogP contribution < -0.4 is 5.32 Å². The summed E-state index contributed by atoms with van der Waals surface area (Å²) in [6.45, 7) is 0. The number of rotatable bonds is 2. The molecule has 0 amide bonds. The molecule has 1 aromatic heterocycles. The predicted molar refractivity (Wildman–Crippen MR) is 59.4 cm³/mol. The number of aromatic nitrogens is 1. The molecule has 1 N–H and O–H groups in total. The van der Waals surface area contributed by atoms with E-state index in [-0.39, 0.29) is 5.69 Å². The minimum atomic E-state index is -1.24. The van der Waals surface area contributed by atoms with Gasteiger partial charge in [0.15, 0.2) is 16.8 Å². The Hall–Kier alpha value is -1.08. The maximum atomic E-state index is 13.2. The summed E-state index contributed by atoms with van der Waals surface area (Å²) < 4.78 is 39.5. The number of anilines is 2. The fourth-order valence-electron chi connectivity index (χ4n) is 1.07. The Kier molecular flexibility index (Phi) is 3.15. The molecule has 0 saturated heterocycles. The van der Waals surface area contributed by atoms with Gasteiger partial charge >= 0.3 is 0 Å². The van der Waals surface area contributed by atoms with Crippen molar-refractivity contribution < 1.29 is 13.2 Å². The Balaban J connectivity index is 2.34. The molecule has 0 radical (unpaired) electrons. The molecule has 0 atom stereocenters. The molecule has 16 heavy (non-hydrogen) atoms. The summed E-state index contributed by atoms with van der Waals surface area (Å²) in [7, 11) is 0. The first-order valence-corrected chi connectivity index (χ1v) is 5.76. The molecule has 0 aliphatic heterocycles. The lowest BCUT2D eigenvalue weighted by Crippen LogP contribution is -1.97. The number of thiazole rings is 1. The van der Waals surface area contributed by atoms with E-state index < -0.39 is 17.5 Å². The van der Waals surface area contributed by atoms with Crippen LogP contribution in [0.1, 0.15) is 0 Å². The monoisotopic (exact) mass is 308 g/mol. The largest absolute Gasteiger partial charge is 0.329 e. The zero-order chi connectivity index (χ0) is 11.7. The Morgan fingerprint density at radius 3 is 2.62 bits per heavy atom. The summed E-state index contributed by atoms with van der Waals surface area (Å²) >= 11 is 4.29. The third kappa shape index (κ3) is 2.35. The molecule has 0 unspecified atom stereocenters. The average molecular weight is 309 g/mol. The summed E-state index contributed by atoms with van der Waals surface area (Å²) in [4.78, 5) is 3.92. The molecule has 0 spiro atoms. The third-order valence-electron chi connectivity index (χ3n) is 1.71. The first-order chi connectivity index (χ1) is 7.56. The summed E-state index contributed by atoms with van der Waals surface area (Å²) in [6, 6.07) is 1.35. The number of hydrogen-bond acceptors (Lipinski definition) is 3. The second kappa shape index (κ2) is 4.42. The molecule has 0 aliphatic carbocycles. The zero-order valence-corrected chi connectivity index (χ0v) is 10.0. The zero-order valence-electron chi connectivity index (χ0n) is 7.60. The minimum absolute atomic E-state index is 0.278. The number of benzene rings is 1. The van der Waals surface area contributed by atoms with E-state index in [0.29, 0.717) is 15.8 Å². The second-order valence-electron chi connectivity index (χ2n) is 2.85. The van der Waals surface area contributed by atoms with E-state index in [0.717, 1.165) is 6.07 Å². The smallest absolute Gasteiger partial charge is 0.188 e. The fraction of sp³-hybridized carbons (Fsp3) is 0. The van der Waals surface area contributed by atoms with Crippen molar-refractivity contribution in [2.24, 2.45) is 0 Å². The highest BCUT2D eigenvalue weighted by atomic mass is 79.9. The summed E-state index contributed by atoms with van der Waals surface area (Å²) in [5, 5.41) is 4.50. The summed E-state index contributed by atoms with van der Waals surface area (Å²) in [6.07, 6.45) is 0. The number of halogens is 4. The molecule has 84 valence electrons. The maximum absolute atomic E-state index is 13.2. The predicted octanol–water partition coefficient (Wildman–Crippen LogP) is 4.07. The minimum Gasteiger partial charge on any atom is -0.329 e. The van der Waals surface area contributed by atoms with Crippen molar-refractivity contribution >= 4 is 38.1 Å². The normalized spacial score (nSPS) is 10.5. The van der Waals surface area contributed by atoms with Gasteiger partial charge in [-0.3, -0.25) is 0 Å². The highest BCUT2D eigenvalue weighted by Crippen LogP contribution is 2.26. The van der Waals surface area contributed by atoms with Crippen LogP contribution in [0, 0.1) is 17.5 Å². The number of nitrogens with zero attached hydrogens (tertiary/aromatic N) is 1. The van der Waals surface area contributed by atoms with Crippen molar-refractivity contribution in [2.75, 3.05) is 5.32 Å². The van der Waals surface area contributed by atoms with Crippen LogP contribution in [0.5, 0.6) is 0 Å². The maximum Gasteiger partial charge on any atom is 0.188 e. The molecule has 2 nitrogen and oxygen atoms in total. The molecule has 0 saturated carbocycles. The van der Waals surface area contributed by atoms with Crippen LogP contribution in [0.25, 0.3) is 0 Å². The van der Waals surface area contributed by atoms with E-state index >= 15 is 0 Å². The van der Waals surface area contributed by atoms with Gasteiger partial charge < -0.3 is 5.32 Å². The molecular formula is C9H4BrF3N2S. The summed E-state index contributed by atoms with van der Waals surface area (Å²) in [5.74, 6) is -3.22. The van der Waals surface area contributed by atoms with E-state index in [2.05, 4.69) is 26.2 Å².